The summed E-state index contributed by atoms with van der Waals surface area (Å²) >= 11 is 6.28. The lowest BCUT2D eigenvalue weighted by Gasteiger charge is -2.40. The van der Waals surface area contributed by atoms with Gasteiger partial charge in [-0.3, -0.25) is 4.98 Å². The van der Waals surface area contributed by atoms with E-state index >= 15 is 0 Å². The van der Waals surface area contributed by atoms with E-state index in [0.29, 0.717) is 12.1 Å². The molecule has 2 aliphatic rings. The van der Waals surface area contributed by atoms with E-state index in [1.54, 1.807) is 12.5 Å². The highest BCUT2D eigenvalue weighted by Crippen LogP contribution is 2.36. The predicted molar refractivity (Wildman–Crippen MR) is 92.0 cm³/mol. The standard InChI is InChI=1S/C17H20ClN5/c18-15-11-19-7-3-16(15)22-9-5-14(6-10-22)23(13-1-2-13)17-4-8-20-12-21-17/h3-4,7-8,11-14H,1-2,5-6,9-10H2. The smallest absolute Gasteiger partial charge is 0.132 e. The van der Waals surface area contributed by atoms with Crippen LogP contribution in [0.2, 0.25) is 5.02 Å². The van der Waals surface area contributed by atoms with E-state index in [1.165, 1.54) is 12.8 Å². The summed E-state index contributed by atoms with van der Waals surface area (Å²) < 4.78 is 0. The molecule has 1 saturated heterocycles. The van der Waals surface area contributed by atoms with Gasteiger partial charge >= 0.3 is 0 Å². The number of hydrogen-bond acceptors (Lipinski definition) is 5. The van der Waals surface area contributed by atoms with Crippen molar-refractivity contribution in [2.24, 2.45) is 0 Å². The van der Waals surface area contributed by atoms with Gasteiger partial charge in [0.15, 0.2) is 0 Å². The van der Waals surface area contributed by atoms with Crippen molar-refractivity contribution in [1.29, 1.82) is 0 Å². The third kappa shape index (κ3) is 3.11. The Bertz CT molecular complexity index is 653. The molecule has 0 unspecified atom stereocenters. The molecule has 23 heavy (non-hydrogen) atoms. The molecule has 3 heterocycles. The molecule has 120 valence electrons. The van der Waals surface area contributed by atoms with Crippen LogP contribution < -0.4 is 9.80 Å². The average Bonchev–Trinajstić information content (AvgIpc) is 3.42. The quantitative estimate of drug-likeness (QED) is 0.862. The third-order valence-electron chi connectivity index (χ3n) is 4.72. The molecule has 1 aliphatic carbocycles. The van der Waals surface area contributed by atoms with Gasteiger partial charge in [-0.05, 0) is 37.8 Å². The zero-order chi connectivity index (χ0) is 15.6. The van der Waals surface area contributed by atoms with E-state index in [-0.39, 0.29) is 0 Å². The van der Waals surface area contributed by atoms with Crippen molar-refractivity contribution in [2.75, 3.05) is 22.9 Å². The zero-order valence-corrected chi connectivity index (χ0v) is 13.7. The molecule has 2 aromatic heterocycles. The van der Waals surface area contributed by atoms with E-state index in [4.69, 9.17) is 11.6 Å². The first-order valence-electron chi connectivity index (χ1n) is 8.22. The van der Waals surface area contributed by atoms with Crippen LogP contribution in [0.5, 0.6) is 0 Å². The summed E-state index contributed by atoms with van der Waals surface area (Å²) in [5.41, 5.74) is 1.10. The number of nitrogens with zero attached hydrogens (tertiary/aromatic N) is 5. The van der Waals surface area contributed by atoms with Crippen molar-refractivity contribution >= 4 is 23.1 Å². The predicted octanol–water partition coefficient (Wildman–Crippen LogP) is 3.16. The number of piperidine rings is 1. The third-order valence-corrected chi connectivity index (χ3v) is 5.01. The minimum atomic E-state index is 0.550. The van der Waals surface area contributed by atoms with Crippen LogP contribution in [0.15, 0.2) is 37.1 Å². The molecule has 4 rings (SSSR count). The van der Waals surface area contributed by atoms with Gasteiger partial charge in [-0.25, -0.2) is 9.97 Å². The number of halogens is 1. The van der Waals surface area contributed by atoms with Gasteiger partial charge in [0.2, 0.25) is 0 Å². The van der Waals surface area contributed by atoms with Gasteiger partial charge in [0.25, 0.3) is 0 Å². The van der Waals surface area contributed by atoms with Gasteiger partial charge in [0.05, 0.1) is 10.7 Å². The molecule has 0 amide bonds. The van der Waals surface area contributed by atoms with Gasteiger partial charge in [0, 0.05) is 43.8 Å². The Morgan fingerprint density at radius 3 is 2.39 bits per heavy atom. The van der Waals surface area contributed by atoms with E-state index in [2.05, 4.69) is 24.8 Å². The molecule has 0 radical (unpaired) electrons. The lowest BCUT2D eigenvalue weighted by Crippen LogP contribution is -2.46. The van der Waals surface area contributed by atoms with Gasteiger partial charge < -0.3 is 9.80 Å². The normalized spacial score (nSPS) is 18.9. The van der Waals surface area contributed by atoms with Crippen LogP contribution in [0.25, 0.3) is 0 Å². The molecule has 6 heteroatoms. The van der Waals surface area contributed by atoms with E-state index in [9.17, 15) is 0 Å². The van der Waals surface area contributed by atoms with Crippen LogP contribution in [-0.4, -0.2) is 40.1 Å². The maximum Gasteiger partial charge on any atom is 0.132 e. The minimum Gasteiger partial charge on any atom is -0.370 e. The lowest BCUT2D eigenvalue weighted by molar-refractivity contribution is 0.459. The van der Waals surface area contributed by atoms with Crippen LogP contribution >= 0.6 is 11.6 Å². The summed E-state index contributed by atoms with van der Waals surface area (Å²) in [4.78, 5) is 17.5. The monoisotopic (exact) mass is 329 g/mol. The molecular formula is C17H20ClN5. The molecule has 2 aromatic rings. The van der Waals surface area contributed by atoms with Crippen molar-refractivity contribution in [1.82, 2.24) is 15.0 Å². The molecular weight excluding hydrogens is 310 g/mol. The number of anilines is 2. The van der Waals surface area contributed by atoms with E-state index < -0.39 is 0 Å². The highest BCUT2D eigenvalue weighted by molar-refractivity contribution is 6.33. The van der Waals surface area contributed by atoms with Crippen molar-refractivity contribution < 1.29 is 0 Å². The Kier molecular flexibility index (Phi) is 4.04. The minimum absolute atomic E-state index is 0.550. The Balaban J connectivity index is 1.47. The maximum absolute atomic E-state index is 6.28. The first-order chi connectivity index (χ1) is 11.3. The van der Waals surface area contributed by atoms with Crippen LogP contribution in [-0.2, 0) is 0 Å². The van der Waals surface area contributed by atoms with Crippen molar-refractivity contribution in [3.05, 3.63) is 42.1 Å². The summed E-state index contributed by atoms with van der Waals surface area (Å²) in [6.45, 7) is 2.03. The second kappa shape index (κ2) is 6.32. The first-order valence-corrected chi connectivity index (χ1v) is 8.59. The van der Waals surface area contributed by atoms with Gasteiger partial charge in [-0.15, -0.1) is 0 Å². The molecule has 0 bridgehead atoms. The fourth-order valence-corrected chi connectivity index (χ4v) is 3.71. The first kappa shape index (κ1) is 14.7. The molecule has 0 atom stereocenters. The number of rotatable bonds is 4. The number of hydrogen-bond donors (Lipinski definition) is 0. The highest BCUT2D eigenvalue weighted by atomic mass is 35.5. The molecule has 0 aromatic carbocycles. The maximum atomic E-state index is 6.28. The zero-order valence-electron chi connectivity index (χ0n) is 13.0. The van der Waals surface area contributed by atoms with Crippen molar-refractivity contribution in [2.45, 2.75) is 37.8 Å². The second-order valence-corrected chi connectivity index (χ2v) is 6.66. The van der Waals surface area contributed by atoms with Crippen LogP contribution in [0.1, 0.15) is 25.7 Å². The van der Waals surface area contributed by atoms with Crippen LogP contribution in [0.3, 0.4) is 0 Å². The molecule has 0 N–H and O–H groups in total. The lowest BCUT2D eigenvalue weighted by atomic mass is 10.0. The SMILES string of the molecule is Clc1cnccc1N1CCC(N(c2ccncn2)C2CC2)CC1. The molecule has 1 aliphatic heterocycles. The average molecular weight is 330 g/mol. The van der Waals surface area contributed by atoms with Crippen LogP contribution in [0, 0.1) is 0 Å². The fraction of sp³-hybridized carbons (Fsp3) is 0.471. The summed E-state index contributed by atoms with van der Waals surface area (Å²) in [5.74, 6) is 1.07. The van der Waals surface area contributed by atoms with Gasteiger partial charge in [-0.1, -0.05) is 11.6 Å². The van der Waals surface area contributed by atoms with Crippen molar-refractivity contribution in [3.63, 3.8) is 0 Å². The van der Waals surface area contributed by atoms with Gasteiger partial charge in [0.1, 0.15) is 12.1 Å². The number of aromatic nitrogens is 3. The Hall–Kier alpha value is -1.88. The highest BCUT2D eigenvalue weighted by Gasteiger charge is 2.36. The van der Waals surface area contributed by atoms with E-state index in [0.717, 1.165) is 42.5 Å². The molecule has 0 spiro atoms. The fourth-order valence-electron chi connectivity index (χ4n) is 3.47. The molecule has 2 fully saturated rings. The topological polar surface area (TPSA) is 45.2 Å². The molecule has 1 saturated carbocycles. The Morgan fingerprint density at radius 1 is 1.00 bits per heavy atom. The van der Waals surface area contributed by atoms with Gasteiger partial charge in [-0.2, -0.15) is 0 Å². The summed E-state index contributed by atoms with van der Waals surface area (Å²) in [6.07, 6.45) is 11.8. The van der Waals surface area contributed by atoms with Crippen LogP contribution in [0.4, 0.5) is 11.5 Å². The summed E-state index contributed by atoms with van der Waals surface area (Å²) in [6, 6.07) is 5.25. The summed E-state index contributed by atoms with van der Waals surface area (Å²) in [7, 11) is 0. The van der Waals surface area contributed by atoms with E-state index in [1.807, 2.05) is 24.5 Å². The summed E-state index contributed by atoms with van der Waals surface area (Å²) in [5, 5.41) is 0.737. The Morgan fingerprint density at radius 2 is 1.74 bits per heavy atom. The largest absolute Gasteiger partial charge is 0.370 e. The number of pyridine rings is 1. The second-order valence-electron chi connectivity index (χ2n) is 6.25. The van der Waals surface area contributed by atoms with Crippen molar-refractivity contribution in [3.8, 4) is 0 Å². The molecule has 5 nitrogen and oxygen atoms in total. The Labute approximate surface area is 141 Å².